The number of thiophene rings is 1. The van der Waals surface area contributed by atoms with Gasteiger partial charge in [-0.1, -0.05) is 11.2 Å². The number of methoxy groups -OCH3 is 1. The van der Waals surface area contributed by atoms with E-state index in [2.05, 4.69) is 10.1 Å². The van der Waals surface area contributed by atoms with E-state index in [9.17, 15) is 4.79 Å². The van der Waals surface area contributed by atoms with Gasteiger partial charge >= 0.3 is 0 Å². The summed E-state index contributed by atoms with van der Waals surface area (Å²) in [6.45, 7) is 0.991. The van der Waals surface area contributed by atoms with Crippen molar-refractivity contribution in [3.8, 4) is 22.2 Å². The molecule has 138 valence electrons. The average molecular weight is 383 g/mol. The summed E-state index contributed by atoms with van der Waals surface area (Å²) in [5.74, 6) is 0.434. The predicted octanol–water partition coefficient (Wildman–Crippen LogP) is 3.93. The van der Waals surface area contributed by atoms with Gasteiger partial charge in [-0.2, -0.15) is 0 Å². The highest BCUT2D eigenvalue weighted by molar-refractivity contribution is 7.13. The number of amides is 1. The lowest BCUT2D eigenvalue weighted by Gasteiger charge is -2.16. The second kappa shape index (κ2) is 7.34. The number of rotatable bonds is 6. The molecule has 1 aromatic carbocycles. The van der Waals surface area contributed by atoms with Gasteiger partial charge in [-0.3, -0.25) is 4.79 Å². The van der Waals surface area contributed by atoms with E-state index >= 15 is 0 Å². The largest absolute Gasteiger partial charge is 0.443 e. The van der Waals surface area contributed by atoms with Crippen LogP contribution in [0.5, 0.6) is 0 Å². The van der Waals surface area contributed by atoms with Gasteiger partial charge in [0.15, 0.2) is 5.58 Å². The van der Waals surface area contributed by atoms with Crippen molar-refractivity contribution in [3.05, 3.63) is 47.5 Å². The van der Waals surface area contributed by atoms with Crippen molar-refractivity contribution >= 4 is 28.2 Å². The summed E-state index contributed by atoms with van der Waals surface area (Å²) in [7, 11) is 3.35. The second-order valence-corrected chi connectivity index (χ2v) is 6.92. The smallest absolute Gasteiger partial charge is 0.253 e. The minimum atomic E-state index is -0.0967. The third-order valence-corrected chi connectivity index (χ3v) is 5.03. The first-order valence-corrected chi connectivity index (χ1v) is 9.19. The van der Waals surface area contributed by atoms with Crippen LogP contribution in [-0.2, 0) is 4.74 Å². The van der Waals surface area contributed by atoms with Gasteiger partial charge in [0, 0.05) is 26.3 Å². The van der Waals surface area contributed by atoms with Gasteiger partial charge in [0.25, 0.3) is 5.91 Å². The van der Waals surface area contributed by atoms with Crippen LogP contribution in [0.3, 0.4) is 0 Å². The summed E-state index contributed by atoms with van der Waals surface area (Å²) in [6, 6.07) is 9.11. The van der Waals surface area contributed by atoms with Gasteiger partial charge in [0.1, 0.15) is 17.7 Å². The minimum Gasteiger partial charge on any atom is -0.443 e. The Labute approximate surface area is 159 Å². The van der Waals surface area contributed by atoms with Gasteiger partial charge in [-0.05, 0) is 29.6 Å². The quantitative estimate of drug-likeness (QED) is 0.502. The molecule has 3 aromatic heterocycles. The van der Waals surface area contributed by atoms with Crippen molar-refractivity contribution in [2.75, 3.05) is 27.3 Å². The standard InChI is InChI=1S/C19H17N3O4S/c1-22(7-8-24-2)19(23)12-5-6-15-13(10-12)17(21-26-15)14-11-25-18(20-14)16-4-3-9-27-16/h3-6,9-11H,7-8H2,1-2H3. The first kappa shape index (κ1) is 17.4. The molecule has 8 heteroatoms. The summed E-state index contributed by atoms with van der Waals surface area (Å²) >= 11 is 1.55. The van der Waals surface area contributed by atoms with Crippen LogP contribution in [0.1, 0.15) is 10.4 Å². The molecule has 0 saturated carbocycles. The molecule has 4 aromatic rings. The highest BCUT2D eigenvalue weighted by Crippen LogP contribution is 2.31. The van der Waals surface area contributed by atoms with E-state index < -0.39 is 0 Å². The Bertz CT molecular complexity index is 1070. The number of carbonyl (C=O) groups excluding carboxylic acids is 1. The van der Waals surface area contributed by atoms with Crippen molar-refractivity contribution in [3.63, 3.8) is 0 Å². The van der Waals surface area contributed by atoms with E-state index in [1.54, 1.807) is 54.9 Å². The molecule has 0 unspecified atom stereocenters. The fourth-order valence-electron chi connectivity index (χ4n) is 2.70. The van der Waals surface area contributed by atoms with Crippen molar-refractivity contribution in [1.82, 2.24) is 15.0 Å². The lowest BCUT2D eigenvalue weighted by Crippen LogP contribution is -2.29. The molecule has 0 atom stereocenters. The van der Waals surface area contributed by atoms with Crippen LogP contribution in [0.15, 0.2) is 50.9 Å². The number of nitrogens with zero attached hydrogens (tertiary/aromatic N) is 3. The third-order valence-electron chi connectivity index (χ3n) is 4.17. The molecule has 0 spiro atoms. The fraction of sp³-hybridized carbons (Fsp3) is 0.211. The number of likely N-dealkylation sites (N-methyl/N-ethyl adjacent to an activating group) is 1. The molecule has 0 radical (unpaired) electrons. The Balaban J connectivity index is 1.67. The molecule has 0 fully saturated rings. The van der Waals surface area contributed by atoms with E-state index in [-0.39, 0.29) is 5.91 Å². The maximum atomic E-state index is 12.6. The van der Waals surface area contributed by atoms with Crippen LogP contribution >= 0.6 is 11.3 Å². The monoisotopic (exact) mass is 383 g/mol. The zero-order valence-corrected chi connectivity index (χ0v) is 15.7. The summed E-state index contributed by atoms with van der Waals surface area (Å²) in [5.41, 5.74) is 2.24. The van der Waals surface area contributed by atoms with Crippen LogP contribution in [0.2, 0.25) is 0 Å². The summed E-state index contributed by atoms with van der Waals surface area (Å²) in [5, 5.41) is 6.79. The lowest BCUT2D eigenvalue weighted by atomic mass is 10.1. The number of ether oxygens (including phenoxy) is 1. The maximum absolute atomic E-state index is 12.6. The van der Waals surface area contributed by atoms with E-state index in [1.807, 2.05) is 17.5 Å². The van der Waals surface area contributed by atoms with Crippen LogP contribution in [0.4, 0.5) is 0 Å². The number of oxazole rings is 1. The van der Waals surface area contributed by atoms with Crippen LogP contribution in [-0.4, -0.2) is 48.3 Å². The van der Waals surface area contributed by atoms with Crippen molar-refractivity contribution < 1.29 is 18.5 Å². The zero-order chi connectivity index (χ0) is 18.8. The molecule has 7 nitrogen and oxygen atoms in total. The SMILES string of the molecule is COCCN(C)C(=O)c1ccc2onc(-c3coc(-c4cccs4)n3)c2c1. The van der Waals surface area contributed by atoms with Gasteiger partial charge in [0.2, 0.25) is 5.89 Å². The molecule has 0 N–H and O–H groups in total. The summed E-state index contributed by atoms with van der Waals surface area (Å²) in [6.07, 6.45) is 1.55. The number of carbonyl (C=O) groups is 1. The number of benzene rings is 1. The van der Waals surface area contributed by atoms with Crippen LogP contribution in [0.25, 0.3) is 33.1 Å². The van der Waals surface area contributed by atoms with E-state index in [4.69, 9.17) is 13.7 Å². The predicted molar refractivity (Wildman–Crippen MR) is 102 cm³/mol. The van der Waals surface area contributed by atoms with Gasteiger partial charge in [-0.15, -0.1) is 11.3 Å². The molecule has 4 rings (SSSR count). The zero-order valence-electron chi connectivity index (χ0n) is 14.8. The molecule has 0 aliphatic carbocycles. The first-order valence-electron chi connectivity index (χ1n) is 8.31. The topological polar surface area (TPSA) is 81.6 Å². The first-order chi connectivity index (χ1) is 13.2. The molecule has 27 heavy (non-hydrogen) atoms. The highest BCUT2D eigenvalue weighted by Gasteiger charge is 2.19. The lowest BCUT2D eigenvalue weighted by molar-refractivity contribution is 0.0744. The fourth-order valence-corrected chi connectivity index (χ4v) is 3.36. The third kappa shape index (κ3) is 3.36. The van der Waals surface area contributed by atoms with Crippen LogP contribution in [0, 0.1) is 0 Å². The Morgan fingerprint density at radius 2 is 2.22 bits per heavy atom. The van der Waals surface area contributed by atoms with E-state index in [0.29, 0.717) is 47.0 Å². The molecular weight excluding hydrogens is 366 g/mol. The number of hydrogen-bond donors (Lipinski definition) is 0. The molecular formula is C19H17N3O4S. The normalized spacial score (nSPS) is 11.2. The molecule has 1 amide bonds. The van der Waals surface area contributed by atoms with E-state index in [0.717, 1.165) is 4.88 Å². The molecule has 0 aliphatic heterocycles. The summed E-state index contributed by atoms with van der Waals surface area (Å²) in [4.78, 5) is 19.7. The molecule has 0 saturated heterocycles. The molecule has 0 aliphatic rings. The van der Waals surface area contributed by atoms with Crippen molar-refractivity contribution in [2.45, 2.75) is 0 Å². The Kier molecular flexibility index (Phi) is 4.74. The number of hydrogen-bond acceptors (Lipinski definition) is 7. The summed E-state index contributed by atoms with van der Waals surface area (Å²) < 4.78 is 16.0. The Hall–Kier alpha value is -2.97. The number of fused-ring (bicyclic) bond motifs is 1. The van der Waals surface area contributed by atoms with Crippen molar-refractivity contribution in [1.29, 1.82) is 0 Å². The highest BCUT2D eigenvalue weighted by atomic mass is 32.1. The Morgan fingerprint density at radius 1 is 1.33 bits per heavy atom. The van der Waals surface area contributed by atoms with E-state index in [1.165, 1.54) is 0 Å². The maximum Gasteiger partial charge on any atom is 0.253 e. The molecule has 0 bridgehead atoms. The Morgan fingerprint density at radius 3 is 3.00 bits per heavy atom. The number of aromatic nitrogens is 2. The minimum absolute atomic E-state index is 0.0967. The van der Waals surface area contributed by atoms with Crippen LogP contribution < -0.4 is 0 Å². The van der Waals surface area contributed by atoms with Crippen molar-refractivity contribution in [2.24, 2.45) is 0 Å². The van der Waals surface area contributed by atoms with Gasteiger partial charge in [0.05, 0.1) is 16.9 Å². The van der Waals surface area contributed by atoms with Gasteiger partial charge in [-0.25, -0.2) is 4.98 Å². The molecule has 3 heterocycles. The van der Waals surface area contributed by atoms with Gasteiger partial charge < -0.3 is 18.6 Å². The second-order valence-electron chi connectivity index (χ2n) is 5.98. The average Bonchev–Trinajstić information content (AvgIpc) is 3.44.